The summed E-state index contributed by atoms with van der Waals surface area (Å²) in [5.41, 5.74) is 5.42. The van der Waals surface area contributed by atoms with Gasteiger partial charge in [0.2, 0.25) is 11.8 Å². The first-order valence-corrected chi connectivity index (χ1v) is 7.76. The Hall–Kier alpha value is -1.18. The topological polar surface area (TPSA) is 79.1 Å². The number of carbonyl (C=O) groups is 2. The predicted molar refractivity (Wildman–Crippen MR) is 78.7 cm³/mol. The largest absolute Gasteiger partial charge is 0.378 e. The minimum Gasteiger partial charge on any atom is -0.378 e. The van der Waals surface area contributed by atoms with Crippen molar-refractivity contribution < 1.29 is 14.3 Å². The highest BCUT2D eigenvalue weighted by Crippen LogP contribution is 2.06. The molecule has 0 atom stereocenters. The molecule has 2 N–H and O–H groups in total. The number of nitrogens with zero attached hydrogens (tertiary/aromatic N) is 3. The lowest BCUT2D eigenvalue weighted by Crippen LogP contribution is -2.52. The molecule has 2 aliphatic rings. The van der Waals surface area contributed by atoms with Gasteiger partial charge < -0.3 is 20.3 Å². The molecular formula is C14H26N4O3. The van der Waals surface area contributed by atoms with Gasteiger partial charge in [-0.3, -0.25) is 14.5 Å². The van der Waals surface area contributed by atoms with Crippen molar-refractivity contribution in [3.05, 3.63) is 0 Å². The van der Waals surface area contributed by atoms with E-state index in [-0.39, 0.29) is 11.8 Å². The maximum absolute atomic E-state index is 12.2. The molecule has 2 amide bonds. The van der Waals surface area contributed by atoms with Crippen LogP contribution < -0.4 is 5.73 Å². The monoisotopic (exact) mass is 298 g/mol. The molecule has 0 bridgehead atoms. The van der Waals surface area contributed by atoms with E-state index in [1.165, 1.54) is 0 Å². The van der Waals surface area contributed by atoms with Gasteiger partial charge in [0.05, 0.1) is 19.8 Å². The van der Waals surface area contributed by atoms with Crippen molar-refractivity contribution in [2.75, 3.05) is 65.6 Å². The smallest absolute Gasteiger partial charge is 0.236 e. The number of morpholine rings is 1. The van der Waals surface area contributed by atoms with E-state index < -0.39 is 0 Å². The van der Waals surface area contributed by atoms with Crippen LogP contribution in [-0.4, -0.2) is 92.1 Å². The summed E-state index contributed by atoms with van der Waals surface area (Å²) in [7, 11) is 0. The van der Waals surface area contributed by atoms with Gasteiger partial charge in [-0.1, -0.05) is 0 Å². The first-order chi connectivity index (χ1) is 10.2. The molecule has 0 aromatic rings. The summed E-state index contributed by atoms with van der Waals surface area (Å²) in [5.74, 6) is 0.348. The summed E-state index contributed by atoms with van der Waals surface area (Å²) in [4.78, 5) is 29.9. The highest BCUT2D eigenvalue weighted by molar-refractivity contribution is 5.78. The number of amides is 2. The van der Waals surface area contributed by atoms with Crippen molar-refractivity contribution in [3.8, 4) is 0 Å². The molecule has 2 heterocycles. The van der Waals surface area contributed by atoms with Gasteiger partial charge in [0, 0.05) is 45.7 Å². The number of hydrogen-bond acceptors (Lipinski definition) is 5. The van der Waals surface area contributed by atoms with Crippen LogP contribution >= 0.6 is 0 Å². The molecule has 21 heavy (non-hydrogen) atoms. The van der Waals surface area contributed by atoms with Gasteiger partial charge in [-0.2, -0.15) is 0 Å². The van der Waals surface area contributed by atoms with Crippen LogP contribution in [0.1, 0.15) is 12.8 Å². The number of hydrogen-bond donors (Lipinski definition) is 1. The predicted octanol–water partition coefficient (Wildman–Crippen LogP) is -1.27. The highest BCUT2D eigenvalue weighted by atomic mass is 16.5. The van der Waals surface area contributed by atoms with Crippen molar-refractivity contribution in [3.63, 3.8) is 0 Å². The van der Waals surface area contributed by atoms with Crippen LogP contribution in [0.4, 0.5) is 0 Å². The SMILES string of the molecule is NCCCC(=O)N1CCN(CC(=O)N2CCOCC2)CC1. The average molecular weight is 298 g/mol. The standard InChI is InChI=1S/C14H26N4O3/c15-3-1-2-13(19)17-6-4-16(5-7-17)12-14(20)18-8-10-21-11-9-18/h1-12,15H2. The van der Waals surface area contributed by atoms with Crippen LogP contribution in [0.5, 0.6) is 0 Å². The Morgan fingerprint density at radius 2 is 1.52 bits per heavy atom. The number of piperazine rings is 1. The van der Waals surface area contributed by atoms with E-state index in [2.05, 4.69) is 4.90 Å². The van der Waals surface area contributed by atoms with E-state index in [4.69, 9.17) is 10.5 Å². The van der Waals surface area contributed by atoms with Gasteiger partial charge in [-0.25, -0.2) is 0 Å². The summed E-state index contributed by atoms with van der Waals surface area (Å²) in [5, 5.41) is 0. The normalized spacial score (nSPS) is 20.6. The number of carbonyl (C=O) groups excluding carboxylic acids is 2. The molecule has 120 valence electrons. The summed E-state index contributed by atoms with van der Waals surface area (Å²) in [6.07, 6.45) is 1.28. The molecule has 2 rings (SSSR count). The zero-order chi connectivity index (χ0) is 15.1. The van der Waals surface area contributed by atoms with Crippen molar-refractivity contribution in [1.29, 1.82) is 0 Å². The maximum Gasteiger partial charge on any atom is 0.236 e. The second kappa shape index (κ2) is 8.31. The lowest BCUT2D eigenvalue weighted by molar-refractivity contribution is -0.138. The lowest BCUT2D eigenvalue weighted by Gasteiger charge is -2.36. The molecule has 2 fully saturated rings. The zero-order valence-electron chi connectivity index (χ0n) is 12.6. The fourth-order valence-corrected chi connectivity index (χ4v) is 2.67. The number of nitrogens with two attached hydrogens (primary N) is 1. The van der Waals surface area contributed by atoms with E-state index in [9.17, 15) is 9.59 Å². The van der Waals surface area contributed by atoms with E-state index in [0.717, 1.165) is 19.5 Å². The minimum absolute atomic E-state index is 0.168. The molecule has 0 radical (unpaired) electrons. The summed E-state index contributed by atoms with van der Waals surface area (Å²) in [6, 6.07) is 0. The second-order valence-electron chi connectivity index (χ2n) is 5.54. The Morgan fingerprint density at radius 3 is 2.14 bits per heavy atom. The van der Waals surface area contributed by atoms with Crippen LogP contribution in [0.15, 0.2) is 0 Å². The Bertz CT molecular complexity index is 350. The molecule has 7 nitrogen and oxygen atoms in total. The summed E-state index contributed by atoms with van der Waals surface area (Å²) >= 11 is 0. The summed E-state index contributed by atoms with van der Waals surface area (Å²) < 4.78 is 5.25. The van der Waals surface area contributed by atoms with Crippen molar-refractivity contribution in [1.82, 2.24) is 14.7 Å². The average Bonchev–Trinajstić information content (AvgIpc) is 2.54. The Morgan fingerprint density at radius 1 is 0.905 bits per heavy atom. The third-order valence-electron chi connectivity index (χ3n) is 4.04. The third kappa shape index (κ3) is 4.94. The lowest BCUT2D eigenvalue weighted by atomic mass is 10.2. The van der Waals surface area contributed by atoms with Gasteiger partial charge in [-0.05, 0) is 13.0 Å². The Labute approximate surface area is 126 Å². The fourth-order valence-electron chi connectivity index (χ4n) is 2.67. The summed E-state index contributed by atoms with van der Waals surface area (Å²) in [6.45, 7) is 6.61. The molecular weight excluding hydrogens is 272 g/mol. The second-order valence-corrected chi connectivity index (χ2v) is 5.54. The van der Waals surface area contributed by atoms with Gasteiger partial charge in [0.25, 0.3) is 0 Å². The molecule has 0 aromatic carbocycles. The van der Waals surface area contributed by atoms with Gasteiger partial charge in [0.1, 0.15) is 0 Å². The zero-order valence-corrected chi connectivity index (χ0v) is 12.6. The van der Waals surface area contributed by atoms with Gasteiger partial charge in [-0.15, -0.1) is 0 Å². The molecule has 0 spiro atoms. The molecule has 0 aromatic heterocycles. The Balaban J connectivity index is 1.68. The van der Waals surface area contributed by atoms with Crippen molar-refractivity contribution in [2.45, 2.75) is 12.8 Å². The molecule has 7 heteroatoms. The van der Waals surface area contributed by atoms with Crippen molar-refractivity contribution >= 4 is 11.8 Å². The fraction of sp³-hybridized carbons (Fsp3) is 0.857. The van der Waals surface area contributed by atoms with E-state index in [0.29, 0.717) is 58.9 Å². The molecule has 0 unspecified atom stereocenters. The van der Waals surface area contributed by atoms with Gasteiger partial charge >= 0.3 is 0 Å². The third-order valence-corrected chi connectivity index (χ3v) is 4.04. The van der Waals surface area contributed by atoms with E-state index in [1.54, 1.807) is 0 Å². The number of ether oxygens (including phenoxy) is 1. The van der Waals surface area contributed by atoms with Crippen LogP contribution in [-0.2, 0) is 14.3 Å². The van der Waals surface area contributed by atoms with Crippen molar-refractivity contribution in [2.24, 2.45) is 5.73 Å². The Kier molecular flexibility index (Phi) is 6.41. The van der Waals surface area contributed by atoms with Crippen LogP contribution in [0.3, 0.4) is 0 Å². The van der Waals surface area contributed by atoms with E-state index >= 15 is 0 Å². The quantitative estimate of drug-likeness (QED) is 0.684. The van der Waals surface area contributed by atoms with Crippen LogP contribution in [0.2, 0.25) is 0 Å². The molecule has 0 saturated carbocycles. The highest BCUT2D eigenvalue weighted by Gasteiger charge is 2.24. The molecule has 2 aliphatic heterocycles. The first kappa shape index (κ1) is 16.2. The van der Waals surface area contributed by atoms with Gasteiger partial charge in [0.15, 0.2) is 0 Å². The van der Waals surface area contributed by atoms with Crippen LogP contribution in [0, 0.1) is 0 Å². The number of rotatable bonds is 5. The minimum atomic E-state index is 0.168. The van der Waals surface area contributed by atoms with Crippen LogP contribution in [0.25, 0.3) is 0 Å². The van der Waals surface area contributed by atoms with E-state index in [1.807, 2.05) is 9.80 Å². The maximum atomic E-state index is 12.2. The molecule has 2 saturated heterocycles. The molecule has 0 aliphatic carbocycles. The first-order valence-electron chi connectivity index (χ1n) is 7.76.